The molecule has 0 radical (unpaired) electrons. The van der Waals surface area contributed by atoms with Crippen molar-refractivity contribution in [3.63, 3.8) is 0 Å². The van der Waals surface area contributed by atoms with Gasteiger partial charge < -0.3 is 14.3 Å². The van der Waals surface area contributed by atoms with Crippen LogP contribution >= 0.6 is 0 Å². The summed E-state index contributed by atoms with van der Waals surface area (Å²) in [6.07, 6.45) is 8.08. The fourth-order valence-corrected chi connectivity index (χ4v) is 5.01. The number of carbonyl (C=O) groups excluding carboxylic acids is 2. The third-order valence-electron chi connectivity index (χ3n) is 6.04. The molecule has 0 saturated heterocycles. The molecule has 0 heterocycles. The molecule has 0 N–H and O–H groups in total. The third-order valence-corrected chi connectivity index (χ3v) is 6.04. The molecule has 0 aromatic heterocycles. The van der Waals surface area contributed by atoms with Crippen molar-refractivity contribution in [2.45, 2.75) is 70.5 Å². The van der Waals surface area contributed by atoms with Crippen molar-refractivity contribution in [3.05, 3.63) is 0 Å². The number of ether oxygens (including phenoxy) is 2. The minimum atomic E-state index is 0.00150. The summed E-state index contributed by atoms with van der Waals surface area (Å²) >= 11 is 0. The fourth-order valence-electron chi connectivity index (χ4n) is 5.01. The molecule has 3 aliphatic carbocycles. The van der Waals surface area contributed by atoms with E-state index in [1.165, 1.54) is 0 Å². The average Bonchev–Trinajstić information content (AvgIpc) is 3.07. The first-order valence-corrected chi connectivity index (χ1v) is 8.79. The molecule has 4 nitrogen and oxygen atoms in total. The summed E-state index contributed by atoms with van der Waals surface area (Å²) in [7, 11) is 1.75. The first-order chi connectivity index (χ1) is 10.6. The quantitative estimate of drug-likeness (QED) is 0.732. The van der Waals surface area contributed by atoms with E-state index >= 15 is 0 Å². The van der Waals surface area contributed by atoms with Crippen molar-refractivity contribution in [1.82, 2.24) is 0 Å². The Morgan fingerprint density at radius 1 is 1.00 bits per heavy atom. The smallest absolute Gasteiger partial charge is 0.309 e. The highest BCUT2D eigenvalue weighted by molar-refractivity contribution is 5.77. The minimum Gasteiger partial charge on any atom is -0.462 e. The normalized spacial score (nSPS) is 40.6. The van der Waals surface area contributed by atoms with Crippen molar-refractivity contribution in [1.29, 1.82) is 0 Å². The Balaban J connectivity index is 1.52. The number of ketones is 1. The second kappa shape index (κ2) is 6.69. The lowest BCUT2D eigenvalue weighted by Gasteiger charge is -2.31. The van der Waals surface area contributed by atoms with E-state index in [9.17, 15) is 9.59 Å². The molecule has 0 aromatic rings. The number of methoxy groups -OCH3 is 1. The van der Waals surface area contributed by atoms with Crippen molar-refractivity contribution in [2.75, 3.05) is 7.11 Å². The van der Waals surface area contributed by atoms with Gasteiger partial charge in [0.25, 0.3) is 0 Å². The van der Waals surface area contributed by atoms with E-state index < -0.39 is 0 Å². The summed E-state index contributed by atoms with van der Waals surface area (Å²) in [5, 5.41) is 0. The van der Waals surface area contributed by atoms with E-state index in [1.807, 2.05) is 0 Å². The minimum absolute atomic E-state index is 0.00150. The van der Waals surface area contributed by atoms with E-state index in [0.29, 0.717) is 30.3 Å². The van der Waals surface area contributed by atoms with Gasteiger partial charge in [-0.1, -0.05) is 0 Å². The first-order valence-electron chi connectivity index (χ1n) is 8.79. The summed E-state index contributed by atoms with van der Waals surface area (Å²) in [5.41, 5.74) is 0. The molecule has 124 valence electrons. The van der Waals surface area contributed by atoms with E-state index in [2.05, 4.69) is 0 Å². The molecule has 3 fully saturated rings. The topological polar surface area (TPSA) is 52.6 Å². The average molecular weight is 308 g/mol. The number of rotatable bonds is 5. The maximum Gasteiger partial charge on any atom is 0.309 e. The first kappa shape index (κ1) is 16.0. The molecule has 4 heteroatoms. The predicted octanol–water partition coefficient (Wildman–Crippen LogP) is 3.13. The Hall–Kier alpha value is -0.900. The molecule has 4 atom stereocenters. The van der Waals surface area contributed by atoms with E-state index in [0.717, 1.165) is 44.9 Å². The van der Waals surface area contributed by atoms with E-state index in [1.54, 1.807) is 14.0 Å². The number of fused-ring (bicyclic) bond motifs is 2. The standard InChI is InChI=1S/C18H28O4/c1-11(19)7-13-8-12-9-16(13)17(10-12)18(20)22-15-5-3-14(21-2)4-6-15/h12-17H,3-10H2,1-2H3. The maximum atomic E-state index is 12.5. The van der Waals surface area contributed by atoms with Crippen LogP contribution in [0.25, 0.3) is 0 Å². The molecular formula is C18H28O4. The molecule has 3 saturated carbocycles. The largest absolute Gasteiger partial charge is 0.462 e. The van der Waals surface area contributed by atoms with Crippen molar-refractivity contribution in [2.24, 2.45) is 23.7 Å². The Morgan fingerprint density at radius 3 is 2.27 bits per heavy atom. The van der Waals surface area contributed by atoms with Crippen LogP contribution in [0.5, 0.6) is 0 Å². The van der Waals surface area contributed by atoms with Gasteiger partial charge in [-0.2, -0.15) is 0 Å². The number of hydrogen-bond donors (Lipinski definition) is 0. The lowest BCUT2D eigenvalue weighted by Crippen LogP contribution is -2.34. The highest BCUT2D eigenvalue weighted by Gasteiger charge is 2.50. The van der Waals surface area contributed by atoms with Crippen LogP contribution in [-0.4, -0.2) is 31.1 Å². The second-order valence-corrected chi connectivity index (χ2v) is 7.58. The van der Waals surface area contributed by atoms with Gasteiger partial charge in [0.15, 0.2) is 0 Å². The SMILES string of the molecule is COC1CCC(OC(=O)C2CC3CC(CC(C)=O)C2C3)CC1. The monoisotopic (exact) mass is 308 g/mol. The summed E-state index contributed by atoms with van der Waals surface area (Å²) in [5.74, 6) is 1.73. The van der Waals surface area contributed by atoms with Crippen LogP contribution in [0, 0.1) is 23.7 Å². The van der Waals surface area contributed by atoms with Crippen LogP contribution in [0.2, 0.25) is 0 Å². The zero-order valence-corrected chi connectivity index (χ0v) is 13.8. The number of Topliss-reactive ketones (excluding diaryl/α,β-unsaturated/α-hetero) is 1. The van der Waals surface area contributed by atoms with Gasteiger partial charge in [-0.3, -0.25) is 4.79 Å². The zero-order valence-electron chi connectivity index (χ0n) is 13.8. The summed E-state index contributed by atoms with van der Waals surface area (Å²) in [6.45, 7) is 1.66. The summed E-state index contributed by atoms with van der Waals surface area (Å²) in [6, 6.07) is 0. The number of carbonyl (C=O) groups is 2. The molecule has 2 bridgehead atoms. The van der Waals surface area contributed by atoms with Crippen molar-refractivity contribution in [3.8, 4) is 0 Å². The Labute approximate surface area is 132 Å². The van der Waals surface area contributed by atoms with Crippen LogP contribution < -0.4 is 0 Å². The lowest BCUT2D eigenvalue weighted by molar-refractivity contribution is -0.159. The van der Waals surface area contributed by atoms with Crippen molar-refractivity contribution >= 4 is 11.8 Å². The molecule has 3 rings (SSSR count). The van der Waals surface area contributed by atoms with Gasteiger partial charge in [0, 0.05) is 13.5 Å². The van der Waals surface area contributed by atoms with Gasteiger partial charge in [0.05, 0.1) is 12.0 Å². The van der Waals surface area contributed by atoms with Gasteiger partial charge in [-0.25, -0.2) is 0 Å². The molecule has 22 heavy (non-hydrogen) atoms. The van der Waals surface area contributed by atoms with Crippen LogP contribution in [0.4, 0.5) is 0 Å². The maximum absolute atomic E-state index is 12.5. The molecule has 0 aliphatic heterocycles. The summed E-state index contributed by atoms with van der Waals surface area (Å²) < 4.78 is 11.2. The van der Waals surface area contributed by atoms with Gasteiger partial charge in [-0.05, 0) is 69.6 Å². The van der Waals surface area contributed by atoms with Crippen LogP contribution in [0.3, 0.4) is 0 Å². The molecule has 0 aromatic carbocycles. The molecule has 4 unspecified atom stereocenters. The third kappa shape index (κ3) is 3.37. The van der Waals surface area contributed by atoms with Crippen molar-refractivity contribution < 1.29 is 19.1 Å². The lowest BCUT2D eigenvalue weighted by atomic mass is 9.78. The van der Waals surface area contributed by atoms with Gasteiger partial charge in [0.2, 0.25) is 0 Å². The van der Waals surface area contributed by atoms with E-state index in [-0.39, 0.29) is 23.8 Å². The van der Waals surface area contributed by atoms with E-state index in [4.69, 9.17) is 9.47 Å². The summed E-state index contributed by atoms with van der Waals surface area (Å²) in [4.78, 5) is 23.9. The highest BCUT2D eigenvalue weighted by atomic mass is 16.5. The van der Waals surface area contributed by atoms with Gasteiger partial charge >= 0.3 is 5.97 Å². The fraction of sp³-hybridized carbons (Fsp3) is 0.889. The van der Waals surface area contributed by atoms with Gasteiger partial charge in [-0.15, -0.1) is 0 Å². The van der Waals surface area contributed by atoms with Crippen LogP contribution in [-0.2, 0) is 19.1 Å². The highest BCUT2D eigenvalue weighted by Crippen LogP contribution is 2.53. The molecule has 0 amide bonds. The molecule has 0 spiro atoms. The number of hydrogen-bond acceptors (Lipinski definition) is 4. The Morgan fingerprint density at radius 2 is 1.68 bits per heavy atom. The van der Waals surface area contributed by atoms with Gasteiger partial charge in [0.1, 0.15) is 11.9 Å². The predicted molar refractivity (Wildman–Crippen MR) is 82.3 cm³/mol. The second-order valence-electron chi connectivity index (χ2n) is 7.58. The number of esters is 1. The molecular weight excluding hydrogens is 280 g/mol. The Kier molecular flexibility index (Phi) is 4.86. The Bertz CT molecular complexity index is 425. The zero-order chi connectivity index (χ0) is 15.7. The van der Waals surface area contributed by atoms with Crippen LogP contribution in [0.1, 0.15) is 58.3 Å². The van der Waals surface area contributed by atoms with Crippen LogP contribution in [0.15, 0.2) is 0 Å². The molecule has 3 aliphatic rings.